The Bertz CT molecular complexity index is 934. The summed E-state index contributed by atoms with van der Waals surface area (Å²) in [6.45, 7) is 1.77. The van der Waals surface area contributed by atoms with E-state index in [1.165, 1.54) is 0 Å². The van der Waals surface area contributed by atoms with E-state index in [4.69, 9.17) is 11.6 Å². The van der Waals surface area contributed by atoms with Gasteiger partial charge in [-0.05, 0) is 18.4 Å². The second-order valence-electron chi connectivity index (χ2n) is 7.42. The van der Waals surface area contributed by atoms with Crippen LogP contribution in [0.5, 0.6) is 0 Å². The van der Waals surface area contributed by atoms with Crippen molar-refractivity contribution >= 4 is 23.3 Å². The molecule has 1 spiro atoms. The molecule has 1 N–H and O–H groups in total. The van der Waals surface area contributed by atoms with Gasteiger partial charge in [0, 0.05) is 19.2 Å². The Kier molecular flexibility index (Phi) is 2.90. The molecule has 25 heavy (non-hydrogen) atoms. The van der Waals surface area contributed by atoms with Crippen LogP contribution in [0.1, 0.15) is 18.4 Å². The third-order valence-electron chi connectivity index (χ3n) is 5.83. The summed E-state index contributed by atoms with van der Waals surface area (Å²) in [6, 6.07) is 11.6. The summed E-state index contributed by atoms with van der Waals surface area (Å²) in [5.41, 5.74) is 0.306. The van der Waals surface area contributed by atoms with Crippen molar-refractivity contribution in [3.8, 4) is 0 Å². The minimum absolute atomic E-state index is 0.102. The van der Waals surface area contributed by atoms with Gasteiger partial charge in [-0.2, -0.15) is 4.98 Å². The second-order valence-corrected chi connectivity index (χ2v) is 7.81. The number of nitrogens with zero attached hydrogens (tertiary/aromatic N) is 3. The molecule has 2 bridgehead atoms. The third kappa shape index (κ3) is 2.00. The van der Waals surface area contributed by atoms with Crippen LogP contribution < -0.4 is 15.9 Å². The fourth-order valence-corrected chi connectivity index (χ4v) is 5.00. The number of hydrogen-bond donors (Lipinski definition) is 1. The molecule has 0 radical (unpaired) electrons. The molecule has 0 unspecified atom stereocenters. The summed E-state index contributed by atoms with van der Waals surface area (Å²) >= 11 is 5.96. The quantitative estimate of drug-likeness (QED) is 0.848. The largest absolute Gasteiger partial charge is 0.351 e. The van der Waals surface area contributed by atoms with Gasteiger partial charge in [0.25, 0.3) is 0 Å². The van der Waals surface area contributed by atoms with E-state index >= 15 is 0 Å². The van der Waals surface area contributed by atoms with Gasteiger partial charge in [-0.25, -0.2) is 4.79 Å². The van der Waals surface area contributed by atoms with Crippen LogP contribution in [0.3, 0.4) is 0 Å². The van der Waals surface area contributed by atoms with E-state index in [2.05, 4.69) is 15.2 Å². The summed E-state index contributed by atoms with van der Waals surface area (Å²) in [4.78, 5) is 30.9. The first kappa shape index (κ1) is 15.0. The number of halogens is 1. The summed E-state index contributed by atoms with van der Waals surface area (Å²) in [6.07, 6.45) is 1.55. The summed E-state index contributed by atoms with van der Waals surface area (Å²) in [7, 11) is 0. The maximum absolute atomic E-state index is 12.8. The Morgan fingerprint density at radius 3 is 2.76 bits per heavy atom. The fraction of sp³-hybridized carbons (Fsp3) is 0.389. The maximum atomic E-state index is 12.8. The Balaban J connectivity index is 1.36. The highest BCUT2D eigenvalue weighted by molar-refractivity contribution is 6.29. The zero-order chi connectivity index (χ0) is 17.2. The highest BCUT2D eigenvalue weighted by Gasteiger charge is 2.71. The first-order valence-electron chi connectivity index (χ1n) is 8.39. The molecule has 2 saturated heterocycles. The van der Waals surface area contributed by atoms with Gasteiger partial charge in [0.1, 0.15) is 11.0 Å². The molecule has 4 aliphatic rings. The highest BCUT2D eigenvalue weighted by Crippen LogP contribution is 2.63. The molecule has 3 fully saturated rings. The molecule has 4 heterocycles. The molecule has 2 aromatic rings. The number of rotatable bonds is 3. The molecular formula is C18H17ClN4O2. The zero-order valence-corrected chi connectivity index (χ0v) is 14.3. The van der Waals surface area contributed by atoms with Crippen molar-refractivity contribution in [2.75, 3.05) is 11.4 Å². The van der Waals surface area contributed by atoms with Crippen molar-refractivity contribution in [1.29, 1.82) is 0 Å². The first-order valence-corrected chi connectivity index (χ1v) is 8.77. The highest BCUT2D eigenvalue weighted by atomic mass is 35.5. The fourth-order valence-electron chi connectivity index (χ4n) is 4.83. The number of amides is 1. The molecule has 7 heteroatoms. The van der Waals surface area contributed by atoms with Gasteiger partial charge in [-0.15, -0.1) is 0 Å². The van der Waals surface area contributed by atoms with Crippen LogP contribution in [0.2, 0.25) is 5.15 Å². The van der Waals surface area contributed by atoms with E-state index in [9.17, 15) is 9.59 Å². The van der Waals surface area contributed by atoms with Gasteiger partial charge in [-0.3, -0.25) is 9.36 Å². The maximum Gasteiger partial charge on any atom is 0.350 e. The average Bonchev–Trinajstić information content (AvgIpc) is 3.16. The van der Waals surface area contributed by atoms with Gasteiger partial charge >= 0.3 is 5.69 Å². The van der Waals surface area contributed by atoms with Crippen molar-refractivity contribution in [2.24, 2.45) is 5.41 Å². The van der Waals surface area contributed by atoms with Crippen molar-refractivity contribution in [3.05, 3.63) is 57.6 Å². The lowest BCUT2D eigenvalue weighted by molar-refractivity contribution is -0.135. The van der Waals surface area contributed by atoms with Gasteiger partial charge in [0.15, 0.2) is 0 Å². The monoisotopic (exact) mass is 356 g/mol. The number of hydrogen-bond acceptors (Lipinski definition) is 4. The minimum Gasteiger partial charge on any atom is -0.351 e. The number of fused-ring (bicyclic) bond motifs is 1. The number of carbonyl (C=O) groups is 1. The molecule has 6 nitrogen and oxygen atoms in total. The lowest BCUT2D eigenvalue weighted by Gasteiger charge is -2.43. The van der Waals surface area contributed by atoms with Gasteiger partial charge in [-0.1, -0.05) is 41.9 Å². The van der Waals surface area contributed by atoms with E-state index in [-0.39, 0.29) is 27.7 Å². The number of benzene rings is 1. The Labute approximate surface area is 149 Å². The van der Waals surface area contributed by atoms with Crippen LogP contribution in [0.15, 0.2) is 41.2 Å². The van der Waals surface area contributed by atoms with Crippen molar-refractivity contribution in [2.45, 2.75) is 31.5 Å². The van der Waals surface area contributed by atoms with Crippen LogP contribution in [-0.4, -0.2) is 27.5 Å². The molecule has 1 aromatic carbocycles. The van der Waals surface area contributed by atoms with Gasteiger partial charge < -0.3 is 10.2 Å². The summed E-state index contributed by atoms with van der Waals surface area (Å²) in [5.74, 6) is 0.894. The van der Waals surface area contributed by atoms with E-state index in [0.717, 1.165) is 24.2 Å². The SMILES string of the molecule is O=C(NCc1ccccc1)C12CN3c4cc(Cl)nc(=O)n4CC3(C1)C2. The average molecular weight is 357 g/mol. The first-order chi connectivity index (χ1) is 12.0. The number of aromatic nitrogens is 2. The lowest BCUT2D eigenvalue weighted by atomic mass is 9.61. The standard InChI is InChI=1S/C18H17ClN4O2/c19-13-6-14-22(16(25)21-13)11-18-8-17(9-18,10-23(14)18)15(24)20-7-12-4-2-1-3-5-12/h1-6H,7-11H2,(H,20,24). The molecular weight excluding hydrogens is 340 g/mol. The van der Waals surface area contributed by atoms with Crippen molar-refractivity contribution < 1.29 is 4.79 Å². The number of nitrogens with one attached hydrogen (secondary N) is 1. The number of anilines is 1. The van der Waals surface area contributed by atoms with Crippen LogP contribution in [-0.2, 0) is 17.9 Å². The molecule has 3 aliphatic heterocycles. The molecule has 1 saturated carbocycles. The Morgan fingerprint density at radius 2 is 2.00 bits per heavy atom. The van der Waals surface area contributed by atoms with E-state index in [1.54, 1.807) is 10.6 Å². The Hall–Kier alpha value is -2.34. The summed E-state index contributed by atoms with van der Waals surface area (Å²) in [5, 5.41) is 3.29. The van der Waals surface area contributed by atoms with E-state index in [0.29, 0.717) is 19.6 Å². The van der Waals surface area contributed by atoms with E-state index in [1.807, 2.05) is 30.3 Å². The van der Waals surface area contributed by atoms with E-state index < -0.39 is 0 Å². The van der Waals surface area contributed by atoms with Crippen LogP contribution >= 0.6 is 11.6 Å². The van der Waals surface area contributed by atoms with Crippen LogP contribution in [0, 0.1) is 5.41 Å². The Morgan fingerprint density at radius 1 is 1.24 bits per heavy atom. The lowest BCUT2D eigenvalue weighted by Crippen LogP contribution is -2.55. The molecule has 1 aliphatic carbocycles. The zero-order valence-electron chi connectivity index (χ0n) is 13.5. The van der Waals surface area contributed by atoms with Crippen LogP contribution in [0.4, 0.5) is 5.82 Å². The molecule has 1 aromatic heterocycles. The predicted octanol–water partition coefficient (Wildman–Crippen LogP) is 1.57. The van der Waals surface area contributed by atoms with Crippen molar-refractivity contribution in [1.82, 2.24) is 14.9 Å². The molecule has 0 atom stereocenters. The van der Waals surface area contributed by atoms with Crippen molar-refractivity contribution in [3.63, 3.8) is 0 Å². The minimum atomic E-state index is -0.355. The predicted molar refractivity (Wildman–Crippen MR) is 93.5 cm³/mol. The summed E-state index contributed by atoms with van der Waals surface area (Å²) < 4.78 is 1.68. The number of carbonyl (C=O) groups excluding carboxylic acids is 1. The normalized spacial score (nSPS) is 28.3. The third-order valence-corrected chi connectivity index (χ3v) is 6.03. The smallest absolute Gasteiger partial charge is 0.350 e. The van der Waals surface area contributed by atoms with Gasteiger partial charge in [0.05, 0.1) is 17.5 Å². The topological polar surface area (TPSA) is 67.2 Å². The molecule has 128 valence electrons. The van der Waals surface area contributed by atoms with Gasteiger partial charge in [0.2, 0.25) is 5.91 Å². The molecule has 1 amide bonds. The van der Waals surface area contributed by atoms with Crippen LogP contribution in [0.25, 0.3) is 0 Å². The molecule has 6 rings (SSSR count). The second kappa shape index (κ2) is 4.85.